The highest BCUT2D eigenvalue weighted by atomic mass is 16.5. The second-order valence-corrected chi connectivity index (χ2v) is 7.31. The van der Waals surface area contributed by atoms with E-state index in [2.05, 4.69) is 52.7 Å². The molecular weight excluding hydrogens is 326 g/mol. The van der Waals surface area contributed by atoms with Gasteiger partial charge in [0, 0.05) is 32.3 Å². The fourth-order valence-corrected chi connectivity index (χ4v) is 3.55. The maximum absolute atomic E-state index is 12.5. The third-order valence-corrected chi connectivity index (χ3v) is 5.10. The standard InChI is InChI=1S/C21H27N3O2/c1-3-4-11-21(23-24-21)12-10-20(25)22-18(19-9-6-13-26-19)15-17-8-5-7-16(2)14-17/h1,5,7-8,14,18-19H,4,6,9-13,15H2,2H3,(H,22,25). The third kappa shape index (κ3) is 5.15. The zero-order valence-corrected chi connectivity index (χ0v) is 15.4. The molecule has 1 saturated heterocycles. The fourth-order valence-electron chi connectivity index (χ4n) is 3.55. The average molecular weight is 353 g/mol. The van der Waals surface area contributed by atoms with Crippen molar-refractivity contribution in [2.24, 2.45) is 10.2 Å². The van der Waals surface area contributed by atoms with E-state index in [0.717, 1.165) is 32.3 Å². The first kappa shape index (κ1) is 18.6. The van der Waals surface area contributed by atoms with E-state index in [0.29, 0.717) is 19.3 Å². The number of rotatable bonds is 9. The van der Waals surface area contributed by atoms with E-state index in [1.54, 1.807) is 0 Å². The number of nitrogens with one attached hydrogen (secondary N) is 1. The van der Waals surface area contributed by atoms with E-state index in [-0.39, 0.29) is 18.1 Å². The van der Waals surface area contributed by atoms with Gasteiger partial charge in [0.15, 0.2) is 5.66 Å². The molecule has 1 N–H and O–H groups in total. The van der Waals surface area contributed by atoms with E-state index in [1.165, 1.54) is 11.1 Å². The molecule has 0 spiro atoms. The van der Waals surface area contributed by atoms with E-state index in [1.807, 2.05) is 0 Å². The molecule has 1 amide bonds. The molecule has 138 valence electrons. The molecule has 2 unspecified atom stereocenters. The SMILES string of the molecule is C#CCCC1(CCC(=O)NC(Cc2cccc(C)c2)C2CCCO2)N=N1. The number of hydrogen-bond donors (Lipinski definition) is 1. The summed E-state index contributed by atoms with van der Waals surface area (Å²) in [4.78, 5) is 12.5. The molecule has 0 radical (unpaired) electrons. The summed E-state index contributed by atoms with van der Waals surface area (Å²) in [6.07, 6.45) is 10.6. The lowest BCUT2D eigenvalue weighted by molar-refractivity contribution is -0.123. The monoisotopic (exact) mass is 353 g/mol. The minimum absolute atomic E-state index is 0.00143. The number of hydrogen-bond acceptors (Lipinski definition) is 4. The van der Waals surface area contributed by atoms with Crippen LogP contribution in [0.4, 0.5) is 0 Å². The maximum Gasteiger partial charge on any atom is 0.220 e. The number of amides is 1. The zero-order valence-electron chi connectivity index (χ0n) is 15.4. The van der Waals surface area contributed by atoms with Crippen LogP contribution in [-0.4, -0.2) is 30.3 Å². The van der Waals surface area contributed by atoms with Gasteiger partial charge in [0.2, 0.25) is 5.91 Å². The Labute approximate surface area is 155 Å². The van der Waals surface area contributed by atoms with E-state index >= 15 is 0 Å². The summed E-state index contributed by atoms with van der Waals surface area (Å²) in [5.41, 5.74) is 2.05. The van der Waals surface area contributed by atoms with Crippen LogP contribution in [0.1, 0.15) is 49.7 Å². The largest absolute Gasteiger partial charge is 0.376 e. The molecule has 0 aromatic heterocycles. The molecule has 5 nitrogen and oxygen atoms in total. The van der Waals surface area contributed by atoms with Gasteiger partial charge in [-0.05, 0) is 31.7 Å². The summed E-state index contributed by atoms with van der Waals surface area (Å²) in [6.45, 7) is 2.86. The predicted octanol–water partition coefficient (Wildman–Crippen LogP) is 3.56. The topological polar surface area (TPSA) is 63.0 Å². The van der Waals surface area contributed by atoms with Crippen LogP contribution in [0.3, 0.4) is 0 Å². The normalized spacial score (nSPS) is 21.2. The molecule has 0 aliphatic carbocycles. The number of carbonyl (C=O) groups is 1. The molecular formula is C21H27N3O2. The van der Waals surface area contributed by atoms with Crippen molar-refractivity contribution < 1.29 is 9.53 Å². The molecule has 1 aromatic carbocycles. The lowest BCUT2D eigenvalue weighted by atomic mass is 9.97. The van der Waals surface area contributed by atoms with Crippen molar-refractivity contribution in [3.05, 3.63) is 35.4 Å². The van der Waals surface area contributed by atoms with Gasteiger partial charge in [-0.3, -0.25) is 4.79 Å². The number of nitrogens with zero attached hydrogens (tertiary/aromatic N) is 2. The van der Waals surface area contributed by atoms with Crippen LogP contribution in [0.15, 0.2) is 34.5 Å². The number of ether oxygens (including phenoxy) is 1. The molecule has 0 bridgehead atoms. The minimum Gasteiger partial charge on any atom is -0.376 e. The van der Waals surface area contributed by atoms with Crippen molar-refractivity contribution in [1.82, 2.24) is 5.32 Å². The highest BCUT2D eigenvalue weighted by Gasteiger charge is 2.39. The number of benzene rings is 1. The Morgan fingerprint density at radius 1 is 1.46 bits per heavy atom. The molecule has 2 aliphatic heterocycles. The Hall–Kier alpha value is -2.19. The molecule has 3 rings (SSSR count). The Morgan fingerprint density at radius 2 is 2.31 bits per heavy atom. The van der Waals surface area contributed by atoms with Crippen molar-refractivity contribution >= 4 is 5.91 Å². The Bertz CT molecular complexity index is 695. The number of carbonyl (C=O) groups excluding carboxylic acids is 1. The Balaban J connectivity index is 1.55. The quantitative estimate of drug-likeness (QED) is 0.690. The van der Waals surface area contributed by atoms with E-state index in [4.69, 9.17) is 11.2 Å². The smallest absolute Gasteiger partial charge is 0.220 e. The lowest BCUT2D eigenvalue weighted by Gasteiger charge is -2.25. The van der Waals surface area contributed by atoms with Crippen LogP contribution in [0.2, 0.25) is 0 Å². The van der Waals surface area contributed by atoms with Gasteiger partial charge < -0.3 is 10.1 Å². The summed E-state index contributed by atoms with van der Waals surface area (Å²) in [5.74, 6) is 2.65. The van der Waals surface area contributed by atoms with Crippen LogP contribution in [-0.2, 0) is 16.0 Å². The minimum atomic E-state index is -0.403. The Kier molecular flexibility index (Phi) is 6.05. The van der Waals surface area contributed by atoms with E-state index < -0.39 is 5.66 Å². The summed E-state index contributed by atoms with van der Waals surface area (Å²) < 4.78 is 5.86. The molecule has 5 heteroatoms. The van der Waals surface area contributed by atoms with Gasteiger partial charge in [-0.2, -0.15) is 10.2 Å². The first-order chi connectivity index (χ1) is 12.6. The third-order valence-electron chi connectivity index (χ3n) is 5.10. The predicted molar refractivity (Wildman–Crippen MR) is 101 cm³/mol. The lowest BCUT2D eigenvalue weighted by Crippen LogP contribution is -2.44. The van der Waals surface area contributed by atoms with Crippen LogP contribution in [0, 0.1) is 19.3 Å². The summed E-state index contributed by atoms with van der Waals surface area (Å²) >= 11 is 0. The van der Waals surface area contributed by atoms with Gasteiger partial charge >= 0.3 is 0 Å². The van der Waals surface area contributed by atoms with Crippen molar-refractivity contribution in [2.45, 2.75) is 69.7 Å². The molecule has 26 heavy (non-hydrogen) atoms. The van der Waals surface area contributed by atoms with Gasteiger partial charge in [-0.15, -0.1) is 12.3 Å². The van der Waals surface area contributed by atoms with Crippen LogP contribution < -0.4 is 5.32 Å². The zero-order chi connectivity index (χ0) is 18.4. The highest BCUT2D eigenvalue weighted by molar-refractivity contribution is 5.76. The summed E-state index contributed by atoms with van der Waals surface area (Å²) in [5, 5.41) is 11.4. The molecule has 2 aliphatic rings. The van der Waals surface area contributed by atoms with Crippen molar-refractivity contribution in [3.8, 4) is 12.3 Å². The highest BCUT2D eigenvalue weighted by Crippen LogP contribution is 2.37. The van der Waals surface area contributed by atoms with Gasteiger partial charge in [0.05, 0.1) is 12.1 Å². The van der Waals surface area contributed by atoms with Crippen molar-refractivity contribution in [3.63, 3.8) is 0 Å². The van der Waals surface area contributed by atoms with Crippen molar-refractivity contribution in [2.75, 3.05) is 6.61 Å². The Morgan fingerprint density at radius 3 is 2.96 bits per heavy atom. The molecule has 1 fully saturated rings. The summed E-state index contributed by atoms with van der Waals surface area (Å²) in [6, 6.07) is 8.43. The summed E-state index contributed by atoms with van der Waals surface area (Å²) in [7, 11) is 0. The first-order valence-electron chi connectivity index (χ1n) is 9.44. The first-order valence-corrected chi connectivity index (χ1v) is 9.44. The van der Waals surface area contributed by atoms with Gasteiger partial charge in [0.25, 0.3) is 0 Å². The second kappa shape index (κ2) is 8.46. The average Bonchev–Trinajstić information content (AvgIpc) is 3.18. The second-order valence-electron chi connectivity index (χ2n) is 7.31. The molecule has 2 atom stereocenters. The molecule has 2 heterocycles. The van der Waals surface area contributed by atoms with Crippen LogP contribution in [0.25, 0.3) is 0 Å². The molecule has 1 aromatic rings. The fraction of sp³-hybridized carbons (Fsp3) is 0.571. The van der Waals surface area contributed by atoms with Gasteiger partial charge in [-0.25, -0.2) is 0 Å². The van der Waals surface area contributed by atoms with Crippen molar-refractivity contribution in [1.29, 1.82) is 0 Å². The van der Waals surface area contributed by atoms with Gasteiger partial charge in [0.1, 0.15) is 0 Å². The van der Waals surface area contributed by atoms with E-state index in [9.17, 15) is 4.79 Å². The van der Waals surface area contributed by atoms with Crippen LogP contribution in [0.5, 0.6) is 0 Å². The maximum atomic E-state index is 12.5. The number of aryl methyl sites for hydroxylation is 1. The number of terminal acetylenes is 1. The van der Waals surface area contributed by atoms with Crippen LogP contribution >= 0.6 is 0 Å². The van der Waals surface area contributed by atoms with Gasteiger partial charge in [-0.1, -0.05) is 29.8 Å². The molecule has 0 saturated carbocycles.